The molecule has 0 aromatic heterocycles. The number of nitrogens with two attached hydrogens (primary N) is 1. The molecule has 58 valence electrons. The molecule has 1 rings (SSSR count). The molecular weight excluding hydrogens is 152 g/mol. The Hall–Kier alpha value is -2.13. The van der Waals surface area contributed by atoms with Crippen LogP contribution in [0, 0.1) is 23.2 Å². The maximum Gasteiger partial charge on any atom is 0.152 e. The quantitative estimate of drug-likeness (QED) is 0.334. The summed E-state index contributed by atoms with van der Waals surface area (Å²) in [4.78, 5) is 0. The molecule has 3 N–H and O–H groups in total. The van der Waals surface area contributed by atoms with E-state index in [4.69, 9.17) is 11.0 Å². The highest BCUT2D eigenvalue weighted by Gasteiger charge is 1.96. The molecule has 1 aromatic rings. The van der Waals surface area contributed by atoms with Crippen molar-refractivity contribution in [1.29, 1.82) is 5.26 Å². The predicted octanol–water partition coefficient (Wildman–Crippen LogP) is 0.849. The van der Waals surface area contributed by atoms with Crippen molar-refractivity contribution in [3.8, 4) is 23.7 Å². The summed E-state index contributed by atoms with van der Waals surface area (Å²) in [7, 11) is 0. The van der Waals surface area contributed by atoms with Crippen molar-refractivity contribution in [3.05, 3.63) is 23.8 Å². The summed E-state index contributed by atoms with van der Waals surface area (Å²) in [5, 5.41) is 17.3. The van der Waals surface area contributed by atoms with Gasteiger partial charge in [-0.1, -0.05) is 0 Å². The lowest BCUT2D eigenvalue weighted by Crippen LogP contribution is -1.85. The highest BCUT2D eigenvalue weighted by Crippen LogP contribution is 2.17. The third-order valence-electron chi connectivity index (χ3n) is 1.27. The molecule has 0 heterocycles. The third kappa shape index (κ3) is 1.68. The van der Waals surface area contributed by atoms with E-state index in [2.05, 4.69) is 11.8 Å². The predicted molar refractivity (Wildman–Crippen MR) is 45.0 cm³/mol. The lowest BCUT2D eigenvalue weighted by molar-refractivity contribution is 0.474. The summed E-state index contributed by atoms with van der Waals surface area (Å²) >= 11 is 0. The van der Waals surface area contributed by atoms with Gasteiger partial charge in [0.05, 0.1) is 5.56 Å². The highest BCUT2D eigenvalue weighted by atomic mass is 16.3. The number of nitrogens with zero attached hydrogens (tertiary/aromatic N) is 1. The number of phenolic OH excluding ortho intramolecular Hbond substituents is 1. The number of rotatable bonds is 0. The smallest absolute Gasteiger partial charge is 0.152 e. The van der Waals surface area contributed by atoms with Crippen LogP contribution < -0.4 is 5.73 Å². The molecule has 12 heavy (non-hydrogen) atoms. The van der Waals surface area contributed by atoms with E-state index in [0.717, 1.165) is 0 Å². The molecule has 0 aliphatic rings. The van der Waals surface area contributed by atoms with Crippen LogP contribution in [0.2, 0.25) is 0 Å². The average molecular weight is 158 g/mol. The minimum absolute atomic E-state index is 0.0342. The monoisotopic (exact) mass is 158 g/mol. The van der Waals surface area contributed by atoms with Crippen LogP contribution in [0.15, 0.2) is 18.2 Å². The van der Waals surface area contributed by atoms with Gasteiger partial charge in [-0.2, -0.15) is 5.26 Å². The van der Waals surface area contributed by atoms with Crippen molar-refractivity contribution >= 4 is 5.69 Å². The minimum atomic E-state index is 0.0342. The second kappa shape index (κ2) is 3.32. The molecule has 0 unspecified atom stereocenters. The second-order valence-corrected chi connectivity index (χ2v) is 2.14. The van der Waals surface area contributed by atoms with Gasteiger partial charge >= 0.3 is 0 Å². The van der Waals surface area contributed by atoms with E-state index in [1.807, 2.05) is 0 Å². The van der Waals surface area contributed by atoms with Crippen LogP contribution in [0.4, 0.5) is 5.69 Å². The van der Waals surface area contributed by atoms with Crippen LogP contribution in [0.25, 0.3) is 0 Å². The van der Waals surface area contributed by atoms with Gasteiger partial charge < -0.3 is 10.8 Å². The Morgan fingerprint density at radius 2 is 2.17 bits per heavy atom. The molecule has 0 amide bonds. The van der Waals surface area contributed by atoms with Gasteiger partial charge in [-0.05, 0) is 24.1 Å². The van der Waals surface area contributed by atoms with E-state index < -0.39 is 0 Å². The molecule has 0 saturated heterocycles. The van der Waals surface area contributed by atoms with Gasteiger partial charge in [0, 0.05) is 11.6 Å². The van der Waals surface area contributed by atoms with E-state index in [1.165, 1.54) is 12.1 Å². The molecule has 0 atom stereocenters. The zero-order chi connectivity index (χ0) is 8.97. The maximum atomic E-state index is 9.19. The number of aromatic hydroxyl groups is 1. The van der Waals surface area contributed by atoms with E-state index in [9.17, 15) is 5.11 Å². The number of anilines is 1. The van der Waals surface area contributed by atoms with Crippen molar-refractivity contribution < 1.29 is 5.11 Å². The lowest BCUT2D eigenvalue weighted by atomic mass is 10.2. The van der Waals surface area contributed by atoms with Crippen LogP contribution in [0.5, 0.6) is 5.75 Å². The number of nitriles is 1. The fourth-order valence-electron chi connectivity index (χ4n) is 0.749. The van der Waals surface area contributed by atoms with Gasteiger partial charge in [0.25, 0.3) is 0 Å². The Kier molecular flexibility index (Phi) is 2.20. The number of phenols is 1. The van der Waals surface area contributed by atoms with Crippen molar-refractivity contribution in [2.75, 3.05) is 5.73 Å². The topological polar surface area (TPSA) is 70.0 Å². The van der Waals surface area contributed by atoms with Crippen LogP contribution in [0.3, 0.4) is 0 Å². The van der Waals surface area contributed by atoms with Crippen LogP contribution >= 0.6 is 0 Å². The normalized spacial score (nSPS) is 7.92. The molecule has 3 nitrogen and oxygen atoms in total. The Morgan fingerprint density at radius 3 is 2.83 bits per heavy atom. The van der Waals surface area contributed by atoms with E-state index in [0.29, 0.717) is 11.3 Å². The number of nitrogen functional groups attached to an aromatic ring is 1. The largest absolute Gasteiger partial charge is 0.507 e. The molecule has 0 aliphatic heterocycles. The molecule has 0 fully saturated rings. The summed E-state index contributed by atoms with van der Waals surface area (Å²) in [6.07, 6.45) is 0. The number of benzene rings is 1. The molecule has 1 aromatic carbocycles. The van der Waals surface area contributed by atoms with Crippen molar-refractivity contribution in [2.45, 2.75) is 0 Å². The SMILES string of the molecule is N#CC#Cc1cc(N)ccc1O. The standard InChI is InChI=1S/C9H6N2O/c10-5-1-2-7-6-8(11)3-4-9(7)12/h3-4,6,12H,11H2. The Labute approximate surface area is 70.1 Å². The van der Waals surface area contributed by atoms with Gasteiger partial charge in [0.2, 0.25) is 0 Å². The molecule has 0 saturated carbocycles. The molecule has 0 spiro atoms. The van der Waals surface area contributed by atoms with Crippen LogP contribution in [-0.4, -0.2) is 5.11 Å². The van der Waals surface area contributed by atoms with Crippen molar-refractivity contribution in [3.63, 3.8) is 0 Å². The summed E-state index contributed by atoms with van der Waals surface area (Å²) in [6.45, 7) is 0. The van der Waals surface area contributed by atoms with Gasteiger partial charge in [-0.25, -0.2) is 0 Å². The maximum absolute atomic E-state index is 9.19. The average Bonchev–Trinajstić information content (AvgIpc) is 2.07. The Bertz CT molecular complexity index is 393. The third-order valence-corrected chi connectivity index (χ3v) is 1.27. The first kappa shape index (κ1) is 7.97. The first-order chi connectivity index (χ1) is 5.74. The lowest BCUT2D eigenvalue weighted by Gasteiger charge is -1.96. The van der Waals surface area contributed by atoms with E-state index in [1.54, 1.807) is 12.1 Å². The number of hydrogen-bond acceptors (Lipinski definition) is 3. The molecule has 0 bridgehead atoms. The first-order valence-corrected chi connectivity index (χ1v) is 3.22. The van der Waals surface area contributed by atoms with E-state index in [-0.39, 0.29) is 5.75 Å². The molecule has 3 heteroatoms. The molecular formula is C9H6N2O. The minimum Gasteiger partial charge on any atom is -0.507 e. The zero-order valence-corrected chi connectivity index (χ0v) is 6.20. The summed E-state index contributed by atoms with van der Waals surface area (Å²) < 4.78 is 0. The van der Waals surface area contributed by atoms with Gasteiger partial charge in [-0.3, -0.25) is 0 Å². The van der Waals surface area contributed by atoms with Gasteiger partial charge in [0.1, 0.15) is 5.75 Å². The van der Waals surface area contributed by atoms with Crippen LogP contribution in [-0.2, 0) is 0 Å². The summed E-state index contributed by atoms with van der Waals surface area (Å²) in [6, 6.07) is 6.17. The van der Waals surface area contributed by atoms with Crippen molar-refractivity contribution in [1.82, 2.24) is 0 Å². The van der Waals surface area contributed by atoms with Crippen LogP contribution in [0.1, 0.15) is 5.56 Å². The summed E-state index contributed by atoms with van der Waals surface area (Å²) in [5.74, 6) is 4.67. The van der Waals surface area contributed by atoms with Crippen molar-refractivity contribution in [2.24, 2.45) is 0 Å². The summed E-state index contributed by atoms with van der Waals surface area (Å²) in [5.41, 5.74) is 6.32. The molecule has 0 radical (unpaired) electrons. The van der Waals surface area contributed by atoms with Gasteiger partial charge in [-0.15, -0.1) is 0 Å². The Balaban J connectivity index is 3.16. The number of hydrogen-bond donors (Lipinski definition) is 2. The van der Waals surface area contributed by atoms with Gasteiger partial charge in [0.15, 0.2) is 6.07 Å². The highest BCUT2D eigenvalue weighted by molar-refractivity contribution is 5.55. The molecule has 0 aliphatic carbocycles. The fraction of sp³-hybridized carbons (Fsp3) is 0. The van der Waals surface area contributed by atoms with E-state index >= 15 is 0 Å². The first-order valence-electron chi connectivity index (χ1n) is 3.22. The second-order valence-electron chi connectivity index (χ2n) is 2.14. The Morgan fingerprint density at radius 1 is 1.42 bits per heavy atom. The zero-order valence-electron chi connectivity index (χ0n) is 6.20. The fourth-order valence-corrected chi connectivity index (χ4v) is 0.749.